The van der Waals surface area contributed by atoms with E-state index in [-0.39, 0.29) is 41.1 Å². The van der Waals surface area contributed by atoms with Crippen LogP contribution in [0.5, 0.6) is 0 Å². The Kier molecular flexibility index (Phi) is 5.36. The van der Waals surface area contributed by atoms with Crippen molar-refractivity contribution < 1.29 is 25.2 Å². The van der Waals surface area contributed by atoms with E-state index in [1.54, 1.807) is 0 Å². The molecule has 0 aliphatic heterocycles. The van der Waals surface area contributed by atoms with Gasteiger partial charge in [-0.3, -0.25) is 4.79 Å². The monoisotopic (exact) mass is 472 g/mol. The van der Waals surface area contributed by atoms with Crippen molar-refractivity contribution in [2.24, 2.45) is 44.8 Å². The Bertz CT molecular complexity index is 941. The first kappa shape index (κ1) is 24.5. The van der Waals surface area contributed by atoms with E-state index in [1.165, 1.54) is 5.57 Å². The number of carbonyl (C=O) groups is 1. The number of rotatable bonds is 2. The fraction of sp³-hybridized carbons (Fsp3) is 0.828. The minimum Gasteiger partial charge on any atom is -0.481 e. The molecule has 5 heteroatoms. The van der Waals surface area contributed by atoms with Crippen LogP contribution in [0.15, 0.2) is 23.8 Å². The van der Waals surface area contributed by atoms with Crippen LogP contribution >= 0.6 is 0 Å². The molecule has 10 atom stereocenters. The Balaban J connectivity index is 1.59. The summed E-state index contributed by atoms with van der Waals surface area (Å²) in [5.41, 5.74) is 0.667. The van der Waals surface area contributed by atoms with E-state index in [9.17, 15) is 25.2 Å². The molecule has 5 aliphatic carbocycles. The van der Waals surface area contributed by atoms with Gasteiger partial charge in [0.2, 0.25) is 0 Å². The Labute approximate surface area is 204 Å². The molecular weight excluding hydrogens is 428 g/mol. The predicted molar refractivity (Wildman–Crippen MR) is 131 cm³/mol. The minimum atomic E-state index is -0.902. The highest BCUT2D eigenvalue weighted by Gasteiger charge is 2.69. The first-order valence-corrected chi connectivity index (χ1v) is 13.4. The normalized spacial score (nSPS) is 54.7. The van der Waals surface area contributed by atoms with Gasteiger partial charge in [0.1, 0.15) is 0 Å². The van der Waals surface area contributed by atoms with Crippen molar-refractivity contribution in [2.45, 2.75) is 97.7 Å². The second-order valence-electron chi connectivity index (χ2n) is 13.6. The van der Waals surface area contributed by atoms with E-state index < -0.39 is 29.0 Å². The van der Waals surface area contributed by atoms with Gasteiger partial charge in [-0.25, -0.2) is 0 Å². The molecular formula is C29H44O5. The topological polar surface area (TPSA) is 98.0 Å². The second kappa shape index (κ2) is 7.43. The molecule has 0 amide bonds. The highest BCUT2D eigenvalue weighted by Crippen LogP contribution is 2.75. The molecule has 4 saturated carbocycles. The van der Waals surface area contributed by atoms with Crippen LogP contribution in [0.25, 0.3) is 0 Å². The molecule has 34 heavy (non-hydrogen) atoms. The first-order valence-electron chi connectivity index (χ1n) is 13.4. The lowest BCUT2D eigenvalue weighted by Gasteiger charge is -2.71. The summed E-state index contributed by atoms with van der Waals surface area (Å²) in [7, 11) is 0. The number of allylic oxidation sites excluding steroid dienone is 2. The molecule has 5 rings (SSSR count). The van der Waals surface area contributed by atoms with Crippen molar-refractivity contribution in [3.63, 3.8) is 0 Å². The summed E-state index contributed by atoms with van der Waals surface area (Å²) in [6.07, 6.45) is 8.09. The predicted octanol–water partition coefficient (Wildman–Crippen LogP) is 4.71. The molecule has 5 nitrogen and oxygen atoms in total. The maximum absolute atomic E-state index is 12.7. The second-order valence-corrected chi connectivity index (χ2v) is 13.6. The average Bonchev–Trinajstić information content (AvgIpc) is 2.78. The van der Waals surface area contributed by atoms with Gasteiger partial charge in [0.15, 0.2) is 0 Å². The third-order valence-corrected chi connectivity index (χ3v) is 12.7. The van der Waals surface area contributed by atoms with Crippen molar-refractivity contribution in [1.82, 2.24) is 0 Å². The third-order valence-electron chi connectivity index (χ3n) is 12.7. The highest BCUT2D eigenvalue weighted by atomic mass is 16.4. The number of aliphatic carboxylic acids is 1. The molecule has 5 aliphatic rings. The molecule has 0 radical (unpaired) electrons. The maximum Gasteiger partial charge on any atom is 0.310 e. The zero-order valence-corrected chi connectivity index (χ0v) is 21.4. The summed E-state index contributed by atoms with van der Waals surface area (Å²) in [6.45, 7) is 13.5. The van der Waals surface area contributed by atoms with Gasteiger partial charge in [-0.1, -0.05) is 45.9 Å². The van der Waals surface area contributed by atoms with Gasteiger partial charge < -0.3 is 20.4 Å². The standard InChI is InChI=1S/C29H44O5/c1-17-14-19-18-6-7-22-25(2)10-9-23(32)26(3,16-30)21(25)8-11-28(22,5)27(18,4)12-13-29(19,24(33)34)15-20(17)31/h6,19-23,30-32H,1,7-16H2,2-5H3,(H,33,34)/t19-,20+,21-,22-,23+,25+,26-,27-,28-,29-/m1/s1. The number of carboxylic acids is 1. The SMILES string of the molecule is C=C1C[C@@H]2C3=CC[C@@H]4[C@@]5(C)CC[C@H](O)[C@](C)(CO)[C@@H]5CC[C@@]4(C)[C@]3(C)CC[C@@]2(C(=O)O)C[C@@H]1O. The fourth-order valence-electron chi connectivity index (χ4n) is 10.2. The number of fused-ring (bicyclic) bond motifs is 7. The molecule has 0 aromatic heterocycles. The van der Waals surface area contributed by atoms with Crippen molar-refractivity contribution in [3.8, 4) is 0 Å². The van der Waals surface area contributed by atoms with Crippen LogP contribution < -0.4 is 0 Å². The molecule has 0 saturated heterocycles. The zero-order chi connectivity index (χ0) is 24.9. The highest BCUT2D eigenvalue weighted by molar-refractivity contribution is 5.77. The van der Waals surface area contributed by atoms with Crippen LogP contribution in [0.4, 0.5) is 0 Å². The summed E-state index contributed by atoms with van der Waals surface area (Å²) >= 11 is 0. The average molecular weight is 473 g/mol. The Morgan fingerprint density at radius 2 is 1.76 bits per heavy atom. The summed E-state index contributed by atoms with van der Waals surface area (Å²) in [6, 6.07) is 0. The molecule has 0 unspecified atom stereocenters. The van der Waals surface area contributed by atoms with E-state index in [2.05, 4.69) is 40.3 Å². The van der Waals surface area contributed by atoms with Crippen molar-refractivity contribution in [1.29, 1.82) is 0 Å². The molecule has 0 spiro atoms. The van der Waals surface area contributed by atoms with Crippen LogP contribution in [-0.4, -0.2) is 45.2 Å². The van der Waals surface area contributed by atoms with Crippen LogP contribution in [0.2, 0.25) is 0 Å². The quantitative estimate of drug-likeness (QED) is 0.437. The number of aliphatic hydroxyl groups excluding tert-OH is 3. The number of aliphatic hydroxyl groups is 3. The molecule has 0 aromatic carbocycles. The van der Waals surface area contributed by atoms with Crippen molar-refractivity contribution >= 4 is 5.97 Å². The largest absolute Gasteiger partial charge is 0.481 e. The van der Waals surface area contributed by atoms with E-state index in [0.717, 1.165) is 44.1 Å². The maximum atomic E-state index is 12.7. The molecule has 0 heterocycles. The fourth-order valence-corrected chi connectivity index (χ4v) is 10.2. The molecule has 4 fully saturated rings. The molecule has 190 valence electrons. The van der Waals surface area contributed by atoms with Gasteiger partial charge in [-0.05, 0) is 91.4 Å². The first-order chi connectivity index (χ1) is 15.8. The van der Waals surface area contributed by atoms with Gasteiger partial charge in [0, 0.05) is 11.3 Å². The summed E-state index contributed by atoms with van der Waals surface area (Å²) in [4.78, 5) is 12.7. The number of hydrogen-bond donors (Lipinski definition) is 4. The zero-order valence-electron chi connectivity index (χ0n) is 21.4. The van der Waals surface area contributed by atoms with Gasteiger partial charge in [0.25, 0.3) is 0 Å². The Morgan fingerprint density at radius 1 is 1.06 bits per heavy atom. The smallest absolute Gasteiger partial charge is 0.310 e. The lowest BCUT2D eigenvalue weighted by atomic mass is 9.33. The van der Waals surface area contributed by atoms with Crippen molar-refractivity contribution in [3.05, 3.63) is 23.8 Å². The van der Waals surface area contributed by atoms with Gasteiger partial charge in [-0.15, -0.1) is 0 Å². The molecule has 4 N–H and O–H groups in total. The Morgan fingerprint density at radius 3 is 2.41 bits per heavy atom. The van der Waals surface area contributed by atoms with E-state index >= 15 is 0 Å². The van der Waals surface area contributed by atoms with Crippen LogP contribution in [-0.2, 0) is 4.79 Å². The molecule has 0 bridgehead atoms. The van der Waals surface area contributed by atoms with Crippen LogP contribution in [0.1, 0.15) is 85.5 Å². The number of carboxylic acid groups (broad SMARTS) is 1. The lowest BCUT2D eigenvalue weighted by Crippen LogP contribution is -2.66. The van der Waals surface area contributed by atoms with Gasteiger partial charge in [-0.2, -0.15) is 0 Å². The van der Waals surface area contributed by atoms with E-state index in [1.807, 2.05) is 0 Å². The van der Waals surface area contributed by atoms with Crippen molar-refractivity contribution in [2.75, 3.05) is 6.61 Å². The number of hydrogen-bond acceptors (Lipinski definition) is 4. The lowest BCUT2D eigenvalue weighted by molar-refractivity contribution is -0.215. The summed E-state index contributed by atoms with van der Waals surface area (Å²) in [5.74, 6) is -0.161. The molecule has 0 aromatic rings. The summed E-state index contributed by atoms with van der Waals surface area (Å²) < 4.78 is 0. The summed E-state index contributed by atoms with van der Waals surface area (Å²) in [5, 5.41) is 42.2. The van der Waals surface area contributed by atoms with Gasteiger partial charge in [0.05, 0.1) is 24.2 Å². The van der Waals surface area contributed by atoms with Crippen LogP contribution in [0.3, 0.4) is 0 Å². The third kappa shape index (κ3) is 2.75. The Hall–Kier alpha value is -1.17. The van der Waals surface area contributed by atoms with E-state index in [0.29, 0.717) is 18.8 Å². The van der Waals surface area contributed by atoms with Gasteiger partial charge >= 0.3 is 5.97 Å². The minimum absolute atomic E-state index is 0.0177. The van der Waals surface area contributed by atoms with Crippen LogP contribution in [0, 0.1) is 44.8 Å². The van der Waals surface area contributed by atoms with E-state index in [4.69, 9.17) is 0 Å².